The smallest absolute Gasteiger partial charge is 0.201 e. The molecule has 5 nitrogen and oxygen atoms in total. The van der Waals surface area contributed by atoms with Crippen LogP contribution < -0.4 is 5.32 Å². The van der Waals surface area contributed by atoms with Crippen LogP contribution in [0.5, 0.6) is 0 Å². The number of rotatable bonds is 7. The molecule has 0 fully saturated rings. The van der Waals surface area contributed by atoms with Crippen molar-refractivity contribution >= 4 is 21.7 Å². The van der Waals surface area contributed by atoms with Crippen molar-refractivity contribution in [1.82, 2.24) is 15.1 Å². The number of carbonyl (C=O) groups is 1. The topological polar surface area (TPSA) is 56.2 Å². The lowest BCUT2D eigenvalue weighted by Gasteiger charge is -2.24. The van der Waals surface area contributed by atoms with Crippen molar-refractivity contribution in [2.75, 3.05) is 20.3 Å². The molecule has 0 aromatic carbocycles. The second-order valence-corrected chi connectivity index (χ2v) is 5.40. The molecule has 0 saturated carbocycles. The van der Waals surface area contributed by atoms with Crippen molar-refractivity contribution in [2.45, 2.75) is 32.9 Å². The number of hydrogen-bond donors (Lipinski definition) is 1. The summed E-state index contributed by atoms with van der Waals surface area (Å²) >= 11 is 3.38. The van der Waals surface area contributed by atoms with Gasteiger partial charge in [0.15, 0.2) is 0 Å². The summed E-state index contributed by atoms with van der Waals surface area (Å²) < 4.78 is 7.41. The van der Waals surface area contributed by atoms with E-state index in [-0.39, 0.29) is 5.78 Å². The summed E-state index contributed by atoms with van der Waals surface area (Å²) in [5.74, 6) is 0.0184. The van der Waals surface area contributed by atoms with Gasteiger partial charge in [0.2, 0.25) is 5.78 Å². The number of nitrogens with zero attached hydrogens (tertiary/aromatic N) is 2. The summed E-state index contributed by atoms with van der Waals surface area (Å²) in [7, 11) is 1.63. The van der Waals surface area contributed by atoms with Gasteiger partial charge in [-0.25, -0.2) is 0 Å². The zero-order chi connectivity index (χ0) is 13.8. The van der Waals surface area contributed by atoms with E-state index in [1.54, 1.807) is 18.0 Å². The zero-order valence-electron chi connectivity index (χ0n) is 11.3. The molecule has 102 valence electrons. The van der Waals surface area contributed by atoms with E-state index in [0.717, 1.165) is 11.0 Å². The summed E-state index contributed by atoms with van der Waals surface area (Å²) in [6, 6.07) is 0. The van der Waals surface area contributed by atoms with Crippen molar-refractivity contribution in [3.05, 3.63) is 16.4 Å². The molecule has 0 aliphatic carbocycles. The summed E-state index contributed by atoms with van der Waals surface area (Å²) in [6.07, 6.45) is 1.64. The van der Waals surface area contributed by atoms with E-state index in [9.17, 15) is 4.79 Å². The Morgan fingerprint density at radius 2 is 2.28 bits per heavy atom. The van der Waals surface area contributed by atoms with Crippen molar-refractivity contribution in [2.24, 2.45) is 0 Å². The molecule has 1 aromatic rings. The van der Waals surface area contributed by atoms with Crippen LogP contribution in [0.25, 0.3) is 0 Å². The number of methoxy groups -OCH3 is 1. The summed E-state index contributed by atoms with van der Waals surface area (Å²) in [4.78, 5) is 12.5. The molecule has 0 saturated heterocycles. The van der Waals surface area contributed by atoms with Gasteiger partial charge in [0, 0.05) is 7.11 Å². The number of Topliss-reactive ketones (excluding diaryl/α,β-unsaturated/α-hetero) is 1. The summed E-state index contributed by atoms with van der Waals surface area (Å²) in [6.45, 7) is 7.55. The Morgan fingerprint density at radius 1 is 1.61 bits per heavy atom. The molecular weight excluding hydrogens is 298 g/mol. The lowest BCUT2D eigenvalue weighted by molar-refractivity contribution is 0.0868. The number of ether oxygens (including phenoxy) is 1. The SMILES string of the molecule is CCNC(C)(C)C(=O)c1c(Br)cnn1CCOC. The van der Waals surface area contributed by atoms with Gasteiger partial charge in [-0.2, -0.15) is 5.10 Å². The first-order chi connectivity index (χ1) is 8.44. The number of carbonyl (C=O) groups excluding carboxylic acids is 1. The molecule has 0 radical (unpaired) electrons. The molecular formula is C12H20BrN3O2. The first-order valence-corrected chi connectivity index (χ1v) is 6.73. The van der Waals surface area contributed by atoms with E-state index in [4.69, 9.17) is 4.74 Å². The number of aromatic nitrogens is 2. The monoisotopic (exact) mass is 317 g/mol. The van der Waals surface area contributed by atoms with Crippen LogP contribution in [0.2, 0.25) is 0 Å². The largest absolute Gasteiger partial charge is 0.383 e. The highest BCUT2D eigenvalue weighted by atomic mass is 79.9. The molecule has 0 unspecified atom stereocenters. The first kappa shape index (κ1) is 15.3. The predicted octanol–water partition coefficient (Wildman–Crippen LogP) is 1.86. The van der Waals surface area contributed by atoms with E-state index in [2.05, 4.69) is 26.3 Å². The van der Waals surface area contributed by atoms with Crippen molar-refractivity contribution in [3.8, 4) is 0 Å². The number of nitrogens with one attached hydrogen (secondary N) is 1. The molecule has 0 aliphatic rings. The normalized spacial score (nSPS) is 11.8. The lowest BCUT2D eigenvalue weighted by atomic mass is 9.96. The Balaban J connectivity index is 3.00. The average molecular weight is 318 g/mol. The van der Waals surface area contributed by atoms with Crippen LogP contribution in [0, 0.1) is 0 Å². The van der Waals surface area contributed by atoms with Crippen LogP contribution in [-0.4, -0.2) is 41.4 Å². The molecule has 0 atom stereocenters. The molecule has 1 rings (SSSR count). The molecule has 0 aliphatic heterocycles. The Labute approximate surface area is 116 Å². The minimum atomic E-state index is -0.609. The molecule has 18 heavy (non-hydrogen) atoms. The van der Waals surface area contributed by atoms with Crippen LogP contribution in [0.4, 0.5) is 0 Å². The van der Waals surface area contributed by atoms with Crippen LogP contribution in [-0.2, 0) is 11.3 Å². The van der Waals surface area contributed by atoms with Crippen molar-refractivity contribution in [1.29, 1.82) is 0 Å². The number of halogens is 1. The molecule has 1 N–H and O–H groups in total. The second-order valence-electron chi connectivity index (χ2n) is 4.54. The fourth-order valence-electron chi connectivity index (χ4n) is 1.75. The van der Waals surface area contributed by atoms with Crippen LogP contribution >= 0.6 is 15.9 Å². The maximum Gasteiger partial charge on any atom is 0.201 e. The Bertz CT molecular complexity index is 415. The van der Waals surface area contributed by atoms with Gasteiger partial charge < -0.3 is 10.1 Å². The maximum atomic E-state index is 12.5. The van der Waals surface area contributed by atoms with Crippen LogP contribution in [0.3, 0.4) is 0 Å². The molecule has 1 aromatic heterocycles. The lowest BCUT2D eigenvalue weighted by Crippen LogP contribution is -2.47. The van der Waals surface area contributed by atoms with Gasteiger partial charge in [0.25, 0.3) is 0 Å². The standard InChI is InChI=1S/C12H20BrN3O2/c1-5-14-12(2,3)11(17)10-9(13)8-15-16(10)6-7-18-4/h8,14H,5-7H2,1-4H3. The molecule has 6 heteroatoms. The molecule has 0 amide bonds. The van der Waals surface area contributed by atoms with E-state index >= 15 is 0 Å². The Morgan fingerprint density at radius 3 is 2.83 bits per heavy atom. The quantitative estimate of drug-likeness (QED) is 0.780. The molecule has 1 heterocycles. The first-order valence-electron chi connectivity index (χ1n) is 5.94. The maximum absolute atomic E-state index is 12.5. The van der Waals surface area contributed by atoms with E-state index in [1.807, 2.05) is 20.8 Å². The summed E-state index contributed by atoms with van der Waals surface area (Å²) in [5.41, 5.74) is -0.0275. The summed E-state index contributed by atoms with van der Waals surface area (Å²) in [5, 5.41) is 7.37. The van der Waals surface area contributed by atoms with Gasteiger partial charge in [-0.05, 0) is 36.3 Å². The minimum Gasteiger partial charge on any atom is -0.383 e. The fraction of sp³-hybridized carbons (Fsp3) is 0.667. The van der Waals surface area contributed by atoms with Gasteiger partial charge in [0.1, 0.15) is 5.69 Å². The number of likely N-dealkylation sites (N-methyl/N-ethyl adjacent to an activating group) is 1. The predicted molar refractivity (Wildman–Crippen MR) is 73.9 cm³/mol. The van der Waals surface area contributed by atoms with Gasteiger partial charge >= 0.3 is 0 Å². The van der Waals surface area contributed by atoms with E-state index in [1.165, 1.54) is 0 Å². The zero-order valence-corrected chi connectivity index (χ0v) is 12.9. The van der Waals surface area contributed by atoms with E-state index in [0.29, 0.717) is 18.8 Å². The van der Waals surface area contributed by atoms with Crippen LogP contribution in [0.15, 0.2) is 10.7 Å². The third-order valence-electron chi connectivity index (χ3n) is 2.70. The van der Waals surface area contributed by atoms with Gasteiger partial charge in [-0.3, -0.25) is 9.48 Å². The van der Waals surface area contributed by atoms with Crippen molar-refractivity contribution in [3.63, 3.8) is 0 Å². The highest BCUT2D eigenvalue weighted by Crippen LogP contribution is 2.21. The second kappa shape index (κ2) is 6.45. The molecule has 0 bridgehead atoms. The average Bonchev–Trinajstić information content (AvgIpc) is 2.66. The van der Waals surface area contributed by atoms with E-state index < -0.39 is 5.54 Å². The number of ketones is 1. The third kappa shape index (κ3) is 3.40. The molecule has 0 spiro atoms. The Hall–Kier alpha value is -0.720. The number of hydrogen-bond acceptors (Lipinski definition) is 4. The fourth-order valence-corrected chi connectivity index (χ4v) is 2.23. The minimum absolute atomic E-state index is 0.0184. The van der Waals surface area contributed by atoms with Gasteiger partial charge in [0.05, 0.1) is 29.4 Å². The highest BCUT2D eigenvalue weighted by molar-refractivity contribution is 9.10. The van der Waals surface area contributed by atoms with Crippen molar-refractivity contribution < 1.29 is 9.53 Å². The van der Waals surface area contributed by atoms with Gasteiger partial charge in [-0.15, -0.1) is 0 Å². The van der Waals surface area contributed by atoms with Gasteiger partial charge in [-0.1, -0.05) is 6.92 Å². The third-order valence-corrected chi connectivity index (χ3v) is 3.28. The highest BCUT2D eigenvalue weighted by Gasteiger charge is 2.31. The Kier molecular flexibility index (Phi) is 5.49. The van der Waals surface area contributed by atoms with Crippen LogP contribution in [0.1, 0.15) is 31.3 Å².